The number of amides is 1. The van der Waals surface area contributed by atoms with Crippen LogP contribution >= 0.6 is 11.8 Å². The van der Waals surface area contributed by atoms with Crippen LogP contribution in [0.25, 0.3) is 0 Å². The Morgan fingerprint density at radius 1 is 1.41 bits per heavy atom. The number of carbonyl (C=O) groups is 1. The Hall–Kier alpha value is -1.66. The zero-order valence-electron chi connectivity index (χ0n) is 9.23. The van der Waals surface area contributed by atoms with E-state index < -0.39 is 0 Å². The molecule has 0 saturated heterocycles. The Labute approximate surface area is 102 Å². The molecule has 6 heteroatoms. The van der Waals surface area contributed by atoms with Crippen molar-refractivity contribution in [1.82, 2.24) is 5.43 Å². The van der Waals surface area contributed by atoms with Gasteiger partial charge in [-0.15, -0.1) is 11.8 Å². The van der Waals surface area contributed by atoms with E-state index in [9.17, 15) is 4.79 Å². The fourth-order valence-corrected chi connectivity index (χ4v) is 2.31. The molecule has 17 heavy (non-hydrogen) atoms. The number of hydrogen-bond donors (Lipinski definition) is 2. The normalized spacial score (nSPS) is 10.5. The lowest BCUT2D eigenvalue weighted by molar-refractivity contribution is 0.0952. The minimum Gasteiger partial charge on any atom is -0.468 e. The van der Waals surface area contributed by atoms with Crippen molar-refractivity contribution >= 4 is 17.7 Å². The molecule has 1 amide bonds. The van der Waals surface area contributed by atoms with E-state index in [0.717, 1.165) is 10.7 Å². The molecule has 0 aliphatic heterocycles. The molecule has 0 aliphatic carbocycles. The molecule has 2 heterocycles. The first kappa shape index (κ1) is 11.8. The van der Waals surface area contributed by atoms with Crippen LogP contribution in [-0.2, 0) is 5.75 Å². The maximum atomic E-state index is 11.4. The second kappa shape index (κ2) is 5.11. The van der Waals surface area contributed by atoms with Crippen LogP contribution in [0.3, 0.4) is 0 Å². The molecule has 5 nitrogen and oxygen atoms in total. The summed E-state index contributed by atoms with van der Waals surface area (Å²) >= 11 is 1.55. The van der Waals surface area contributed by atoms with Crippen LogP contribution in [0.2, 0.25) is 0 Å². The van der Waals surface area contributed by atoms with Crippen molar-refractivity contribution in [2.75, 3.05) is 0 Å². The van der Waals surface area contributed by atoms with E-state index in [1.54, 1.807) is 24.1 Å². The lowest BCUT2D eigenvalue weighted by Crippen LogP contribution is -2.30. The number of nitrogens with one attached hydrogen (secondary N) is 1. The number of furan rings is 2. The van der Waals surface area contributed by atoms with Crippen LogP contribution in [-0.4, -0.2) is 5.91 Å². The average molecular weight is 252 g/mol. The molecule has 0 aromatic carbocycles. The summed E-state index contributed by atoms with van der Waals surface area (Å²) in [6, 6.07) is 3.48. The van der Waals surface area contributed by atoms with Crippen molar-refractivity contribution < 1.29 is 13.6 Å². The standard InChI is InChI=1S/C11H12N2O3S/c1-7-10(3-5-15-7)17-6-9-8(2-4-16-9)11(14)13-12/h2-5H,6,12H2,1H3,(H,13,14). The van der Waals surface area contributed by atoms with Gasteiger partial charge in [-0.2, -0.15) is 0 Å². The monoisotopic (exact) mass is 252 g/mol. The van der Waals surface area contributed by atoms with Crippen molar-refractivity contribution in [3.63, 3.8) is 0 Å². The first-order valence-corrected chi connectivity index (χ1v) is 5.95. The maximum absolute atomic E-state index is 11.4. The van der Waals surface area contributed by atoms with Gasteiger partial charge in [0.2, 0.25) is 0 Å². The first-order chi connectivity index (χ1) is 8.22. The fraction of sp³-hybridized carbons (Fsp3) is 0.182. The molecular weight excluding hydrogens is 240 g/mol. The molecule has 0 aliphatic rings. The summed E-state index contributed by atoms with van der Waals surface area (Å²) in [5.74, 6) is 6.74. The van der Waals surface area contributed by atoms with Crippen molar-refractivity contribution in [2.24, 2.45) is 5.84 Å². The van der Waals surface area contributed by atoms with E-state index in [1.165, 1.54) is 6.26 Å². The maximum Gasteiger partial charge on any atom is 0.268 e. The molecular formula is C11H12N2O3S. The number of nitrogen functional groups attached to an aromatic ring is 1. The lowest BCUT2D eigenvalue weighted by Gasteiger charge is -2.01. The number of rotatable bonds is 4. The van der Waals surface area contributed by atoms with Crippen LogP contribution in [0.1, 0.15) is 21.9 Å². The Bertz CT molecular complexity index is 518. The summed E-state index contributed by atoms with van der Waals surface area (Å²) < 4.78 is 10.4. The molecule has 0 radical (unpaired) electrons. The van der Waals surface area contributed by atoms with Crippen molar-refractivity contribution in [3.8, 4) is 0 Å². The van der Waals surface area contributed by atoms with E-state index in [2.05, 4.69) is 5.43 Å². The van der Waals surface area contributed by atoms with Gasteiger partial charge in [0.25, 0.3) is 5.91 Å². The van der Waals surface area contributed by atoms with Crippen LogP contribution in [0.15, 0.2) is 38.4 Å². The van der Waals surface area contributed by atoms with E-state index >= 15 is 0 Å². The van der Waals surface area contributed by atoms with Crippen LogP contribution in [0.4, 0.5) is 0 Å². The second-order valence-electron chi connectivity index (χ2n) is 3.36. The minimum absolute atomic E-state index is 0.349. The largest absolute Gasteiger partial charge is 0.468 e. The molecule has 90 valence electrons. The molecule has 3 N–H and O–H groups in total. The summed E-state index contributed by atoms with van der Waals surface area (Å²) in [5, 5.41) is 0. The third-order valence-electron chi connectivity index (χ3n) is 2.29. The SMILES string of the molecule is Cc1occc1SCc1occc1C(=O)NN. The predicted octanol–water partition coefficient (Wildman–Crippen LogP) is 2.08. The average Bonchev–Trinajstić information content (AvgIpc) is 2.94. The topological polar surface area (TPSA) is 81.4 Å². The summed E-state index contributed by atoms with van der Waals surface area (Å²) in [4.78, 5) is 12.4. The van der Waals surface area contributed by atoms with E-state index in [0.29, 0.717) is 17.1 Å². The third kappa shape index (κ3) is 2.54. The summed E-state index contributed by atoms with van der Waals surface area (Å²) in [5.41, 5.74) is 2.55. The first-order valence-electron chi connectivity index (χ1n) is 4.96. The van der Waals surface area contributed by atoms with Crippen LogP contribution in [0, 0.1) is 6.92 Å². The molecule has 0 bridgehead atoms. The molecule has 0 fully saturated rings. The fourth-order valence-electron chi connectivity index (χ4n) is 1.40. The van der Waals surface area contributed by atoms with Crippen molar-refractivity contribution in [3.05, 3.63) is 41.7 Å². The van der Waals surface area contributed by atoms with Gasteiger partial charge in [0.15, 0.2) is 0 Å². The number of nitrogens with two attached hydrogens (primary N) is 1. The van der Waals surface area contributed by atoms with Gasteiger partial charge in [0.1, 0.15) is 11.5 Å². The van der Waals surface area contributed by atoms with Gasteiger partial charge in [-0.1, -0.05) is 0 Å². The number of hydrogen-bond acceptors (Lipinski definition) is 5. The highest BCUT2D eigenvalue weighted by Crippen LogP contribution is 2.28. The van der Waals surface area contributed by atoms with E-state index in [-0.39, 0.29) is 5.91 Å². The Morgan fingerprint density at radius 2 is 2.18 bits per heavy atom. The highest BCUT2D eigenvalue weighted by atomic mass is 32.2. The van der Waals surface area contributed by atoms with Crippen LogP contribution < -0.4 is 11.3 Å². The van der Waals surface area contributed by atoms with Gasteiger partial charge in [-0.25, -0.2) is 5.84 Å². The van der Waals surface area contributed by atoms with Crippen molar-refractivity contribution in [2.45, 2.75) is 17.6 Å². The molecule has 2 aromatic heterocycles. The molecule has 0 atom stereocenters. The van der Waals surface area contributed by atoms with Gasteiger partial charge < -0.3 is 8.83 Å². The van der Waals surface area contributed by atoms with Gasteiger partial charge in [0, 0.05) is 4.90 Å². The van der Waals surface area contributed by atoms with Gasteiger partial charge >= 0.3 is 0 Å². The number of aryl methyl sites for hydroxylation is 1. The van der Waals surface area contributed by atoms with Crippen LogP contribution in [0.5, 0.6) is 0 Å². The molecule has 0 unspecified atom stereocenters. The second-order valence-corrected chi connectivity index (χ2v) is 4.38. The zero-order valence-corrected chi connectivity index (χ0v) is 10.0. The van der Waals surface area contributed by atoms with Gasteiger partial charge in [-0.3, -0.25) is 10.2 Å². The number of carbonyl (C=O) groups excluding carboxylic acids is 1. The highest BCUT2D eigenvalue weighted by molar-refractivity contribution is 7.98. The quantitative estimate of drug-likeness (QED) is 0.377. The third-order valence-corrected chi connectivity index (χ3v) is 3.43. The highest BCUT2D eigenvalue weighted by Gasteiger charge is 2.14. The molecule has 2 aromatic rings. The molecule has 0 spiro atoms. The number of thioether (sulfide) groups is 1. The molecule has 2 rings (SSSR count). The Kier molecular flexibility index (Phi) is 3.55. The zero-order chi connectivity index (χ0) is 12.3. The lowest BCUT2D eigenvalue weighted by atomic mass is 10.2. The minimum atomic E-state index is -0.349. The number of hydrazine groups is 1. The van der Waals surface area contributed by atoms with E-state index in [4.69, 9.17) is 14.7 Å². The smallest absolute Gasteiger partial charge is 0.268 e. The summed E-state index contributed by atoms with van der Waals surface area (Å²) in [6.07, 6.45) is 3.11. The van der Waals surface area contributed by atoms with E-state index in [1.807, 2.05) is 13.0 Å². The molecule has 0 saturated carbocycles. The van der Waals surface area contributed by atoms with Crippen molar-refractivity contribution in [1.29, 1.82) is 0 Å². The predicted molar refractivity (Wildman–Crippen MR) is 63.4 cm³/mol. The Balaban J connectivity index is 2.07. The van der Waals surface area contributed by atoms with Gasteiger partial charge in [-0.05, 0) is 19.1 Å². The summed E-state index contributed by atoms with van der Waals surface area (Å²) in [7, 11) is 0. The Morgan fingerprint density at radius 3 is 2.82 bits per heavy atom. The van der Waals surface area contributed by atoms with Gasteiger partial charge in [0.05, 0.1) is 23.8 Å². The summed E-state index contributed by atoms with van der Waals surface area (Å²) in [6.45, 7) is 1.89.